The molecule has 6 rings (SSSR count). The van der Waals surface area contributed by atoms with Crippen LogP contribution in [0.25, 0.3) is 10.2 Å². The Labute approximate surface area is 160 Å². The van der Waals surface area contributed by atoms with Crippen LogP contribution in [0.15, 0.2) is 22.5 Å². The lowest BCUT2D eigenvalue weighted by atomic mass is 9.53. The first kappa shape index (κ1) is 16.4. The van der Waals surface area contributed by atoms with Crippen LogP contribution in [-0.4, -0.2) is 22.2 Å². The molecule has 3 nitrogen and oxygen atoms in total. The number of amides is 1. The van der Waals surface area contributed by atoms with Crippen LogP contribution >= 0.6 is 34.7 Å². The Bertz CT molecular complexity index is 799. The number of fused-ring (bicyclic) bond motifs is 1. The normalized spacial score (nSPS) is 33.1. The Hall–Kier alpha value is -0.780. The van der Waals surface area contributed by atoms with Crippen molar-refractivity contribution in [1.82, 2.24) is 10.3 Å². The molecule has 0 saturated heterocycles. The fourth-order valence-electron chi connectivity index (χ4n) is 5.66. The number of nitrogens with zero attached hydrogens (tertiary/aromatic N) is 1. The van der Waals surface area contributed by atoms with Gasteiger partial charge in [0, 0.05) is 10.6 Å². The summed E-state index contributed by atoms with van der Waals surface area (Å²) in [6.45, 7) is 0. The summed E-state index contributed by atoms with van der Waals surface area (Å²) in [5.74, 6) is 3.19. The monoisotopic (exact) mass is 392 g/mol. The molecule has 1 N–H and O–H groups in total. The van der Waals surface area contributed by atoms with Crippen molar-refractivity contribution in [2.45, 2.75) is 48.4 Å². The molecule has 4 bridgehead atoms. The first-order chi connectivity index (χ1) is 12.1. The molecule has 6 heteroatoms. The minimum atomic E-state index is 0.105. The van der Waals surface area contributed by atoms with Gasteiger partial charge in [-0.05, 0) is 74.5 Å². The van der Waals surface area contributed by atoms with Gasteiger partial charge in [-0.1, -0.05) is 23.4 Å². The first-order valence-electron chi connectivity index (χ1n) is 9.07. The summed E-state index contributed by atoms with van der Waals surface area (Å²) in [5, 5.41) is 4.14. The minimum absolute atomic E-state index is 0.105. The first-order valence-corrected chi connectivity index (χ1v) is 11.2. The number of hydrogen-bond donors (Lipinski definition) is 1. The molecule has 2 aromatic rings. The number of benzene rings is 1. The molecule has 1 heterocycles. The molecule has 0 aliphatic heterocycles. The van der Waals surface area contributed by atoms with E-state index in [-0.39, 0.29) is 11.4 Å². The number of thiazole rings is 1. The highest BCUT2D eigenvalue weighted by atomic mass is 35.5. The Balaban J connectivity index is 1.23. The van der Waals surface area contributed by atoms with Crippen LogP contribution in [0, 0.1) is 17.8 Å². The number of rotatable bonds is 4. The van der Waals surface area contributed by atoms with Gasteiger partial charge in [-0.2, -0.15) is 0 Å². The number of hydrogen-bond acceptors (Lipinski definition) is 4. The number of halogens is 1. The molecule has 1 aromatic carbocycles. The van der Waals surface area contributed by atoms with Crippen molar-refractivity contribution in [2.24, 2.45) is 17.8 Å². The molecule has 1 amide bonds. The van der Waals surface area contributed by atoms with Gasteiger partial charge >= 0.3 is 0 Å². The second-order valence-corrected chi connectivity index (χ2v) is 10.8. The Kier molecular flexibility index (Phi) is 4.03. The van der Waals surface area contributed by atoms with Crippen molar-refractivity contribution in [3.8, 4) is 0 Å². The molecule has 0 spiro atoms. The number of carbonyl (C=O) groups is 1. The van der Waals surface area contributed by atoms with Crippen molar-refractivity contribution < 1.29 is 4.79 Å². The summed E-state index contributed by atoms with van der Waals surface area (Å²) < 4.78 is 2.06. The van der Waals surface area contributed by atoms with Gasteiger partial charge in [-0.15, -0.1) is 11.3 Å². The van der Waals surface area contributed by atoms with Crippen LogP contribution < -0.4 is 5.32 Å². The molecular formula is C19H21ClN2OS2. The van der Waals surface area contributed by atoms with Crippen LogP contribution in [0.1, 0.15) is 38.5 Å². The van der Waals surface area contributed by atoms with Gasteiger partial charge < -0.3 is 5.32 Å². The van der Waals surface area contributed by atoms with E-state index in [0.717, 1.165) is 32.3 Å². The number of carbonyl (C=O) groups excluding carboxylic acids is 1. The van der Waals surface area contributed by atoms with Crippen LogP contribution in [0.2, 0.25) is 5.02 Å². The van der Waals surface area contributed by atoms with Gasteiger partial charge in [0.15, 0.2) is 4.34 Å². The summed E-state index contributed by atoms with van der Waals surface area (Å²) in [6.07, 6.45) is 7.81. The molecule has 0 unspecified atom stereocenters. The van der Waals surface area contributed by atoms with Crippen LogP contribution in [0.3, 0.4) is 0 Å². The minimum Gasteiger partial charge on any atom is -0.350 e. The predicted molar refractivity (Wildman–Crippen MR) is 104 cm³/mol. The summed E-state index contributed by atoms with van der Waals surface area (Å²) >= 11 is 9.19. The number of nitrogens with one attached hydrogen (secondary N) is 1. The molecule has 25 heavy (non-hydrogen) atoms. The van der Waals surface area contributed by atoms with E-state index in [1.54, 1.807) is 23.1 Å². The van der Waals surface area contributed by atoms with Crippen LogP contribution in [0.5, 0.6) is 0 Å². The van der Waals surface area contributed by atoms with Crippen molar-refractivity contribution in [3.63, 3.8) is 0 Å². The third-order valence-corrected chi connectivity index (χ3v) is 8.51. The highest BCUT2D eigenvalue weighted by molar-refractivity contribution is 8.01. The van der Waals surface area contributed by atoms with Gasteiger partial charge in [0.1, 0.15) is 0 Å². The standard InChI is InChI=1S/C19H21ClN2OS2/c20-14-1-2-16-15(6-14)21-18(25-16)24-10-17(23)22-19-7-11-3-12(8-19)5-13(4-11)9-19/h1-2,6,11-13H,3-5,7-10H2,(H,22,23). The highest BCUT2D eigenvalue weighted by Crippen LogP contribution is 2.55. The number of thioether (sulfide) groups is 1. The Morgan fingerprint density at radius 1 is 1.24 bits per heavy atom. The molecular weight excluding hydrogens is 372 g/mol. The second kappa shape index (κ2) is 6.14. The van der Waals surface area contributed by atoms with E-state index in [4.69, 9.17) is 11.6 Å². The van der Waals surface area contributed by atoms with Crippen molar-refractivity contribution in [3.05, 3.63) is 23.2 Å². The average Bonchev–Trinajstić information content (AvgIpc) is 2.93. The zero-order valence-electron chi connectivity index (χ0n) is 14.0. The van der Waals surface area contributed by atoms with E-state index in [1.807, 2.05) is 18.2 Å². The lowest BCUT2D eigenvalue weighted by Gasteiger charge is -2.56. The van der Waals surface area contributed by atoms with Crippen molar-refractivity contribution in [2.75, 3.05) is 5.75 Å². The number of aromatic nitrogens is 1. The average molecular weight is 393 g/mol. The third kappa shape index (κ3) is 3.19. The van der Waals surface area contributed by atoms with E-state index in [1.165, 1.54) is 38.5 Å². The van der Waals surface area contributed by atoms with Crippen molar-refractivity contribution in [1.29, 1.82) is 0 Å². The SMILES string of the molecule is O=C(CSc1nc2cc(Cl)ccc2s1)NC12CC3CC(CC(C3)C1)C2. The zero-order valence-corrected chi connectivity index (χ0v) is 16.4. The topological polar surface area (TPSA) is 42.0 Å². The van der Waals surface area contributed by atoms with E-state index in [2.05, 4.69) is 10.3 Å². The summed E-state index contributed by atoms with van der Waals surface area (Å²) in [6, 6.07) is 5.76. The van der Waals surface area contributed by atoms with E-state index in [0.29, 0.717) is 10.8 Å². The van der Waals surface area contributed by atoms with Crippen molar-refractivity contribution >= 4 is 50.8 Å². The molecule has 0 atom stereocenters. The van der Waals surface area contributed by atoms with Crippen LogP contribution in [-0.2, 0) is 4.79 Å². The van der Waals surface area contributed by atoms with Gasteiger partial charge in [0.05, 0.1) is 16.0 Å². The zero-order chi connectivity index (χ0) is 17.0. The fraction of sp³-hybridized carbons (Fsp3) is 0.579. The Morgan fingerprint density at radius 3 is 2.60 bits per heavy atom. The van der Waals surface area contributed by atoms with Crippen LogP contribution in [0.4, 0.5) is 0 Å². The maximum Gasteiger partial charge on any atom is 0.230 e. The highest BCUT2D eigenvalue weighted by Gasteiger charge is 2.51. The summed E-state index contributed by atoms with van der Waals surface area (Å²) in [7, 11) is 0. The lowest BCUT2D eigenvalue weighted by Crippen LogP contribution is -2.60. The van der Waals surface area contributed by atoms with E-state index >= 15 is 0 Å². The molecule has 0 radical (unpaired) electrons. The molecule has 4 aliphatic rings. The smallest absolute Gasteiger partial charge is 0.230 e. The van der Waals surface area contributed by atoms with Gasteiger partial charge in [-0.25, -0.2) is 4.98 Å². The predicted octanol–water partition coefficient (Wildman–Crippen LogP) is 5.13. The summed E-state index contributed by atoms with van der Waals surface area (Å²) in [4.78, 5) is 17.2. The molecule has 4 aliphatic carbocycles. The quantitative estimate of drug-likeness (QED) is 0.733. The maximum atomic E-state index is 12.6. The van der Waals surface area contributed by atoms with Gasteiger partial charge in [0.2, 0.25) is 5.91 Å². The van der Waals surface area contributed by atoms with E-state index < -0.39 is 0 Å². The van der Waals surface area contributed by atoms with Gasteiger partial charge in [0.25, 0.3) is 0 Å². The molecule has 4 fully saturated rings. The Morgan fingerprint density at radius 2 is 1.92 bits per heavy atom. The molecule has 1 aromatic heterocycles. The second-order valence-electron chi connectivity index (χ2n) is 8.13. The van der Waals surface area contributed by atoms with Gasteiger partial charge in [-0.3, -0.25) is 4.79 Å². The maximum absolute atomic E-state index is 12.6. The fourth-order valence-corrected chi connectivity index (χ4v) is 7.68. The third-order valence-electron chi connectivity index (χ3n) is 6.10. The molecule has 4 saturated carbocycles. The largest absolute Gasteiger partial charge is 0.350 e. The molecule has 132 valence electrons. The van der Waals surface area contributed by atoms with E-state index in [9.17, 15) is 4.79 Å². The summed E-state index contributed by atoms with van der Waals surface area (Å²) in [5.41, 5.74) is 1.02. The lowest BCUT2D eigenvalue weighted by molar-refractivity contribution is -0.124.